The van der Waals surface area contributed by atoms with Crippen LogP contribution in [0.1, 0.15) is 11.1 Å². The van der Waals surface area contributed by atoms with Crippen LogP contribution in [0.15, 0.2) is 42.6 Å². The minimum atomic E-state index is -0.0103. The Hall–Kier alpha value is -2.94. The number of aliphatic hydroxyl groups excluding tert-OH is 1. The van der Waals surface area contributed by atoms with E-state index in [0.717, 1.165) is 35.7 Å². The Balaban J connectivity index is 1.57. The predicted molar refractivity (Wildman–Crippen MR) is 123 cm³/mol. The fourth-order valence-electron chi connectivity index (χ4n) is 3.45. The van der Waals surface area contributed by atoms with Gasteiger partial charge in [0.2, 0.25) is 5.95 Å². The van der Waals surface area contributed by atoms with Crippen LogP contribution >= 0.6 is 11.6 Å². The minimum Gasteiger partial charge on any atom is -0.392 e. The molecule has 1 aliphatic rings. The topological polar surface area (TPSA) is 86.6 Å². The van der Waals surface area contributed by atoms with E-state index in [4.69, 9.17) is 16.3 Å². The normalized spacial score (nSPS) is 13.9. The largest absolute Gasteiger partial charge is 0.392 e. The summed E-state index contributed by atoms with van der Waals surface area (Å²) < 4.78 is 5.42. The van der Waals surface area contributed by atoms with Crippen LogP contribution in [0.25, 0.3) is 0 Å². The summed E-state index contributed by atoms with van der Waals surface area (Å²) in [5, 5.41) is 13.2. The highest BCUT2D eigenvalue weighted by atomic mass is 35.5. The molecule has 0 unspecified atom stereocenters. The van der Waals surface area contributed by atoms with Crippen LogP contribution in [0, 0.1) is 6.92 Å². The number of morpholine rings is 1. The van der Waals surface area contributed by atoms with Crippen molar-refractivity contribution in [3.63, 3.8) is 0 Å². The van der Waals surface area contributed by atoms with Crippen molar-refractivity contribution in [2.45, 2.75) is 13.5 Å². The van der Waals surface area contributed by atoms with E-state index in [1.165, 1.54) is 0 Å². The van der Waals surface area contributed by atoms with Crippen LogP contribution in [0.2, 0.25) is 5.02 Å². The lowest BCUT2D eigenvalue weighted by Gasteiger charge is -2.28. The van der Waals surface area contributed by atoms with Gasteiger partial charge in [-0.1, -0.05) is 23.7 Å². The van der Waals surface area contributed by atoms with Gasteiger partial charge in [0.25, 0.3) is 0 Å². The summed E-state index contributed by atoms with van der Waals surface area (Å²) in [5.74, 6) is 2.50. The lowest BCUT2D eigenvalue weighted by Crippen LogP contribution is -2.36. The molecule has 2 N–H and O–H groups in total. The van der Waals surface area contributed by atoms with E-state index in [0.29, 0.717) is 35.8 Å². The molecule has 0 aliphatic carbocycles. The number of halogens is 1. The van der Waals surface area contributed by atoms with Crippen LogP contribution in [-0.4, -0.2) is 53.4 Å². The van der Waals surface area contributed by atoms with Crippen LogP contribution in [-0.2, 0) is 11.3 Å². The van der Waals surface area contributed by atoms with E-state index in [9.17, 15) is 5.11 Å². The fourth-order valence-corrected chi connectivity index (χ4v) is 3.65. The molecule has 0 amide bonds. The molecule has 2 aromatic heterocycles. The lowest BCUT2D eigenvalue weighted by atomic mass is 10.1. The number of pyridine rings is 1. The third-order valence-corrected chi connectivity index (χ3v) is 5.37. The summed E-state index contributed by atoms with van der Waals surface area (Å²) in [7, 11) is 1.93. The smallest absolute Gasteiger partial charge is 0.230 e. The van der Waals surface area contributed by atoms with E-state index < -0.39 is 0 Å². The van der Waals surface area contributed by atoms with Gasteiger partial charge in [0, 0.05) is 37.0 Å². The second-order valence-corrected chi connectivity index (χ2v) is 7.77. The molecule has 162 valence electrons. The second kappa shape index (κ2) is 9.47. The van der Waals surface area contributed by atoms with E-state index in [-0.39, 0.29) is 6.61 Å². The molecule has 3 heterocycles. The molecule has 1 aromatic carbocycles. The van der Waals surface area contributed by atoms with Gasteiger partial charge in [-0.25, -0.2) is 9.97 Å². The molecule has 1 saturated heterocycles. The highest BCUT2D eigenvalue weighted by molar-refractivity contribution is 6.31. The average Bonchev–Trinajstić information content (AvgIpc) is 2.79. The van der Waals surface area contributed by atoms with Gasteiger partial charge in [0.05, 0.1) is 19.8 Å². The first-order chi connectivity index (χ1) is 15.0. The van der Waals surface area contributed by atoms with E-state index >= 15 is 0 Å². The van der Waals surface area contributed by atoms with Crippen molar-refractivity contribution in [3.05, 3.63) is 58.7 Å². The number of ether oxygens (including phenoxy) is 1. The van der Waals surface area contributed by atoms with Gasteiger partial charge >= 0.3 is 0 Å². The van der Waals surface area contributed by atoms with Crippen molar-refractivity contribution in [1.29, 1.82) is 0 Å². The number of anilines is 5. The van der Waals surface area contributed by atoms with E-state index in [1.807, 2.05) is 49.2 Å². The van der Waals surface area contributed by atoms with Gasteiger partial charge in [-0.2, -0.15) is 4.98 Å². The Kier molecular flexibility index (Phi) is 6.50. The van der Waals surface area contributed by atoms with Crippen molar-refractivity contribution in [3.8, 4) is 0 Å². The molecule has 0 atom stereocenters. The Labute approximate surface area is 186 Å². The summed E-state index contributed by atoms with van der Waals surface area (Å²) in [5.41, 5.74) is 2.89. The van der Waals surface area contributed by atoms with Gasteiger partial charge in [-0.05, 0) is 42.3 Å². The zero-order valence-corrected chi connectivity index (χ0v) is 18.3. The van der Waals surface area contributed by atoms with Crippen LogP contribution < -0.4 is 15.1 Å². The maximum Gasteiger partial charge on any atom is 0.230 e. The van der Waals surface area contributed by atoms with Crippen molar-refractivity contribution in [2.75, 3.05) is 48.5 Å². The van der Waals surface area contributed by atoms with Crippen LogP contribution in [0.3, 0.4) is 0 Å². The first kappa shape index (κ1) is 21.3. The molecular weight excluding hydrogens is 416 g/mol. The lowest BCUT2D eigenvalue weighted by molar-refractivity contribution is 0.122. The molecule has 31 heavy (non-hydrogen) atoms. The number of rotatable bonds is 6. The summed E-state index contributed by atoms with van der Waals surface area (Å²) in [6.45, 7) is 4.91. The highest BCUT2D eigenvalue weighted by Crippen LogP contribution is 2.28. The minimum absolute atomic E-state index is 0.0103. The van der Waals surface area contributed by atoms with Gasteiger partial charge in [0.15, 0.2) is 0 Å². The molecule has 0 bridgehead atoms. The number of hydrogen-bond acceptors (Lipinski definition) is 8. The molecule has 0 radical (unpaired) electrons. The zero-order valence-electron chi connectivity index (χ0n) is 17.5. The molecular formula is C22H25ClN6O2. The molecule has 1 fully saturated rings. The predicted octanol–water partition coefficient (Wildman–Crippen LogP) is 3.67. The Morgan fingerprint density at radius 2 is 1.97 bits per heavy atom. The number of nitrogens with zero attached hydrogens (tertiary/aromatic N) is 5. The number of hydrogen-bond donors (Lipinski definition) is 2. The SMILES string of the molecule is Cc1ccc(CO)cc1N(C)c1ccnc(Nc2cc(Cl)cc(N3CCOCC3)n2)n1. The molecule has 8 nitrogen and oxygen atoms in total. The van der Waals surface area contributed by atoms with Crippen molar-refractivity contribution >= 4 is 40.7 Å². The Morgan fingerprint density at radius 1 is 1.16 bits per heavy atom. The quantitative estimate of drug-likeness (QED) is 0.600. The third-order valence-electron chi connectivity index (χ3n) is 5.15. The number of benzene rings is 1. The Bertz CT molecular complexity index is 1060. The average molecular weight is 441 g/mol. The van der Waals surface area contributed by atoms with Crippen molar-refractivity contribution in [1.82, 2.24) is 15.0 Å². The van der Waals surface area contributed by atoms with Crippen LogP contribution in [0.5, 0.6) is 0 Å². The summed E-state index contributed by atoms with van der Waals surface area (Å²) >= 11 is 6.34. The van der Waals surface area contributed by atoms with E-state index in [1.54, 1.807) is 12.3 Å². The summed E-state index contributed by atoms with van der Waals surface area (Å²) in [6.07, 6.45) is 1.69. The molecule has 0 saturated carbocycles. The number of aliphatic hydroxyl groups is 1. The number of aromatic nitrogens is 3. The van der Waals surface area contributed by atoms with Crippen LogP contribution in [0.4, 0.5) is 29.1 Å². The molecule has 9 heteroatoms. The maximum absolute atomic E-state index is 9.47. The van der Waals surface area contributed by atoms with E-state index in [2.05, 4.69) is 25.2 Å². The fraction of sp³-hybridized carbons (Fsp3) is 0.318. The standard InChI is InChI=1S/C22H25ClN6O2/c1-15-3-4-16(14-30)11-18(15)28(2)20-5-6-24-22(27-20)26-19-12-17(23)13-21(25-19)29-7-9-31-10-8-29/h3-6,11-13,30H,7-10,14H2,1-2H3,(H,24,25,26,27). The maximum atomic E-state index is 9.47. The molecule has 3 aromatic rings. The first-order valence-electron chi connectivity index (χ1n) is 10.1. The Morgan fingerprint density at radius 3 is 2.74 bits per heavy atom. The first-order valence-corrected chi connectivity index (χ1v) is 10.5. The van der Waals surface area contributed by atoms with Gasteiger partial charge in [-0.15, -0.1) is 0 Å². The van der Waals surface area contributed by atoms with Crippen molar-refractivity contribution < 1.29 is 9.84 Å². The zero-order chi connectivity index (χ0) is 21.8. The highest BCUT2D eigenvalue weighted by Gasteiger charge is 2.15. The summed E-state index contributed by atoms with van der Waals surface area (Å²) in [4.78, 5) is 17.8. The monoisotopic (exact) mass is 440 g/mol. The molecule has 1 aliphatic heterocycles. The van der Waals surface area contributed by atoms with Gasteiger partial charge < -0.3 is 25.0 Å². The number of aryl methyl sites for hydroxylation is 1. The summed E-state index contributed by atoms with van der Waals surface area (Å²) in [6, 6.07) is 11.3. The molecule has 0 spiro atoms. The van der Waals surface area contributed by atoms with Gasteiger partial charge in [-0.3, -0.25) is 0 Å². The molecule has 4 rings (SSSR count). The number of nitrogens with one attached hydrogen (secondary N) is 1. The second-order valence-electron chi connectivity index (χ2n) is 7.33. The van der Waals surface area contributed by atoms with Gasteiger partial charge in [0.1, 0.15) is 17.5 Å². The third kappa shape index (κ3) is 5.04. The van der Waals surface area contributed by atoms with Crippen molar-refractivity contribution in [2.24, 2.45) is 0 Å².